The Bertz CT molecular complexity index is 1630. The summed E-state index contributed by atoms with van der Waals surface area (Å²) in [6, 6.07) is 12.6. The summed E-state index contributed by atoms with van der Waals surface area (Å²) in [5, 5.41) is 7.01. The Morgan fingerprint density at radius 1 is 1.11 bits per heavy atom. The lowest BCUT2D eigenvalue weighted by atomic mass is 9.69. The predicted molar refractivity (Wildman–Crippen MR) is 137 cm³/mol. The van der Waals surface area contributed by atoms with Crippen LogP contribution >= 0.6 is 0 Å². The Balaban J connectivity index is 1.19. The molecule has 1 aromatic carbocycles. The molecule has 4 aromatic rings. The van der Waals surface area contributed by atoms with E-state index in [4.69, 9.17) is 0 Å². The van der Waals surface area contributed by atoms with Crippen molar-refractivity contribution in [2.75, 3.05) is 25.0 Å². The fraction of sp³-hybridized carbons (Fsp3) is 0.296. The number of hydrogen-bond donors (Lipinski definition) is 3. The molecule has 0 bridgehead atoms. The Kier molecular flexibility index (Phi) is 5.32. The molecule has 0 aliphatic carbocycles. The van der Waals surface area contributed by atoms with E-state index < -0.39 is 11.3 Å². The number of carbonyl (C=O) groups excluding carboxylic acids is 3. The summed E-state index contributed by atoms with van der Waals surface area (Å²) in [6.07, 6.45) is 4.21. The van der Waals surface area contributed by atoms with Gasteiger partial charge in [0.05, 0.1) is 17.0 Å². The summed E-state index contributed by atoms with van der Waals surface area (Å²) < 4.78 is 1.88. The second-order valence-electron chi connectivity index (χ2n) is 9.78. The first-order chi connectivity index (χ1) is 17.9. The number of nitrogens with zero attached hydrogens (tertiary/aromatic N) is 3. The second-order valence-corrected chi connectivity index (χ2v) is 9.78. The number of piperidine rings is 1. The molecular formula is C27H26N6O4. The van der Waals surface area contributed by atoms with Crippen LogP contribution in [0.25, 0.3) is 16.4 Å². The van der Waals surface area contributed by atoms with Crippen LogP contribution < -0.4 is 16.2 Å². The van der Waals surface area contributed by atoms with Crippen LogP contribution in [0.3, 0.4) is 0 Å². The van der Waals surface area contributed by atoms with E-state index in [0.717, 1.165) is 11.1 Å². The van der Waals surface area contributed by atoms with E-state index in [1.54, 1.807) is 35.4 Å². The standard InChI is InChI=1S/C27H26N6O4/c1-16-22(31-21-4-2-3-11-33(16)21)25(36)32-12-8-27(9-13-32)20(15-29-26(27)37)24(35)30-18-6-5-17-7-10-28-23(34)19(17)14-18/h2-7,10-11,14,20H,8-9,12-13,15H2,1H3,(H,28,34)(H,29,37)(H,30,35). The summed E-state index contributed by atoms with van der Waals surface area (Å²) in [4.78, 5) is 60.7. The number of amides is 3. The lowest BCUT2D eigenvalue weighted by molar-refractivity contribution is -0.136. The number of nitrogens with one attached hydrogen (secondary N) is 3. The highest BCUT2D eigenvalue weighted by molar-refractivity contribution is 6.01. The number of pyridine rings is 2. The van der Waals surface area contributed by atoms with Crippen LogP contribution in [-0.4, -0.2) is 56.6 Å². The van der Waals surface area contributed by atoms with Gasteiger partial charge in [0.1, 0.15) is 11.3 Å². The molecule has 188 valence electrons. The van der Waals surface area contributed by atoms with Crippen molar-refractivity contribution in [3.8, 4) is 0 Å². The van der Waals surface area contributed by atoms with E-state index >= 15 is 0 Å². The van der Waals surface area contributed by atoms with Crippen molar-refractivity contribution in [1.29, 1.82) is 0 Å². The molecule has 2 fully saturated rings. The lowest BCUT2D eigenvalue weighted by Crippen LogP contribution is -2.50. The van der Waals surface area contributed by atoms with Crippen LogP contribution in [0.5, 0.6) is 0 Å². The number of rotatable bonds is 3. The topological polar surface area (TPSA) is 129 Å². The Hall–Kier alpha value is -4.47. The van der Waals surface area contributed by atoms with Gasteiger partial charge in [-0.2, -0.15) is 0 Å². The Labute approximate surface area is 211 Å². The van der Waals surface area contributed by atoms with Crippen molar-refractivity contribution in [3.63, 3.8) is 0 Å². The highest BCUT2D eigenvalue weighted by Gasteiger charge is 2.55. The van der Waals surface area contributed by atoms with Crippen molar-refractivity contribution < 1.29 is 14.4 Å². The number of H-pyrrole nitrogens is 1. The van der Waals surface area contributed by atoms with E-state index in [1.165, 1.54) is 0 Å². The van der Waals surface area contributed by atoms with E-state index in [2.05, 4.69) is 20.6 Å². The number of carbonyl (C=O) groups is 3. The number of benzene rings is 1. The fourth-order valence-corrected chi connectivity index (χ4v) is 5.71. The zero-order valence-corrected chi connectivity index (χ0v) is 20.3. The highest BCUT2D eigenvalue weighted by atomic mass is 16.2. The number of aryl methyl sites for hydroxylation is 1. The molecule has 3 N–H and O–H groups in total. The average molecular weight is 499 g/mol. The van der Waals surface area contributed by atoms with Gasteiger partial charge in [-0.1, -0.05) is 12.1 Å². The van der Waals surface area contributed by atoms with Crippen LogP contribution in [0.2, 0.25) is 0 Å². The summed E-state index contributed by atoms with van der Waals surface area (Å²) in [7, 11) is 0. The maximum Gasteiger partial charge on any atom is 0.274 e. The van der Waals surface area contributed by atoms with Crippen LogP contribution in [0.15, 0.2) is 59.7 Å². The maximum absolute atomic E-state index is 13.4. The lowest BCUT2D eigenvalue weighted by Gasteiger charge is -2.40. The summed E-state index contributed by atoms with van der Waals surface area (Å²) in [5.74, 6) is -1.18. The molecular weight excluding hydrogens is 472 g/mol. The van der Waals surface area contributed by atoms with Gasteiger partial charge in [-0.25, -0.2) is 4.98 Å². The average Bonchev–Trinajstić information content (AvgIpc) is 3.41. The van der Waals surface area contributed by atoms with Crippen LogP contribution in [0.1, 0.15) is 29.0 Å². The molecule has 5 heterocycles. The monoisotopic (exact) mass is 498 g/mol. The summed E-state index contributed by atoms with van der Waals surface area (Å²) in [6.45, 7) is 2.81. The van der Waals surface area contributed by atoms with E-state index in [0.29, 0.717) is 48.3 Å². The Morgan fingerprint density at radius 2 is 1.92 bits per heavy atom. The summed E-state index contributed by atoms with van der Waals surface area (Å²) >= 11 is 0. The molecule has 3 aromatic heterocycles. The molecule has 1 spiro atoms. The maximum atomic E-state index is 13.4. The first kappa shape index (κ1) is 23.0. The third-order valence-electron chi connectivity index (χ3n) is 7.86. The predicted octanol–water partition coefficient (Wildman–Crippen LogP) is 2.09. The van der Waals surface area contributed by atoms with Gasteiger partial charge in [-0.15, -0.1) is 0 Å². The van der Waals surface area contributed by atoms with Crippen LogP contribution in [0, 0.1) is 18.3 Å². The third-order valence-corrected chi connectivity index (χ3v) is 7.86. The number of likely N-dealkylation sites (tertiary alicyclic amines) is 1. The molecule has 1 atom stereocenters. The number of aromatic nitrogens is 3. The number of imidazole rings is 1. The van der Waals surface area contributed by atoms with Gasteiger partial charge in [0.15, 0.2) is 0 Å². The number of hydrogen-bond acceptors (Lipinski definition) is 5. The molecule has 2 aliphatic rings. The molecule has 6 rings (SSSR count). The SMILES string of the molecule is Cc1c(C(=O)N2CCC3(CC2)C(=O)NCC3C(=O)Nc2ccc3cc[nH]c(=O)c3c2)nc2ccccn12. The highest BCUT2D eigenvalue weighted by Crippen LogP contribution is 2.43. The molecule has 1 unspecified atom stereocenters. The number of aromatic amines is 1. The van der Waals surface area contributed by atoms with Gasteiger partial charge >= 0.3 is 0 Å². The van der Waals surface area contributed by atoms with Gasteiger partial charge in [0, 0.05) is 43.1 Å². The van der Waals surface area contributed by atoms with Crippen LogP contribution in [-0.2, 0) is 9.59 Å². The van der Waals surface area contributed by atoms with Gasteiger partial charge in [0.25, 0.3) is 11.5 Å². The molecule has 2 saturated heterocycles. The smallest absolute Gasteiger partial charge is 0.274 e. The normalized spacial score (nSPS) is 18.9. The van der Waals surface area contributed by atoms with Crippen molar-refractivity contribution >= 4 is 39.8 Å². The van der Waals surface area contributed by atoms with Gasteiger partial charge in [-0.3, -0.25) is 19.2 Å². The van der Waals surface area contributed by atoms with Crippen molar-refractivity contribution in [1.82, 2.24) is 24.6 Å². The van der Waals surface area contributed by atoms with Crippen molar-refractivity contribution in [3.05, 3.63) is 76.6 Å². The van der Waals surface area contributed by atoms with Crippen molar-refractivity contribution in [2.24, 2.45) is 11.3 Å². The zero-order valence-electron chi connectivity index (χ0n) is 20.3. The molecule has 0 radical (unpaired) electrons. The minimum Gasteiger partial charge on any atom is -0.355 e. The van der Waals surface area contributed by atoms with Gasteiger partial charge in [0.2, 0.25) is 11.8 Å². The minimum atomic E-state index is -0.886. The van der Waals surface area contributed by atoms with Gasteiger partial charge < -0.3 is 24.9 Å². The van der Waals surface area contributed by atoms with Crippen LogP contribution in [0.4, 0.5) is 5.69 Å². The first-order valence-corrected chi connectivity index (χ1v) is 12.3. The van der Waals surface area contributed by atoms with E-state index in [9.17, 15) is 19.2 Å². The fourth-order valence-electron chi connectivity index (χ4n) is 5.71. The number of anilines is 1. The molecule has 2 aliphatic heterocycles. The molecule has 3 amide bonds. The molecule has 10 heteroatoms. The second kappa shape index (κ2) is 8.58. The van der Waals surface area contributed by atoms with E-state index in [1.807, 2.05) is 35.7 Å². The number of fused-ring (bicyclic) bond motifs is 2. The largest absolute Gasteiger partial charge is 0.355 e. The first-order valence-electron chi connectivity index (χ1n) is 12.3. The zero-order chi connectivity index (χ0) is 25.7. The third kappa shape index (κ3) is 3.67. The van der Waals surface area contributed by atoms with Gasteiger partial charge in [-0.05, 0) is 55.5 Å². The molecule has 10 nitrogen and oxygen atoms in total. The molecule has 0 saturated carbocycles. The minimum absolute atomic E-state index is 0.154. The van der Waals surface area contributed by atoms with E-state index in [-0.39, 0.29) is 29.8 Å². The molecule has 37 heavy (non-hydrogen) atoms. The quantitative estimate of drug-likeness (QED) is 0.398. The summed E-state index contributed by atoms with van der Waals surface area (Å²) in [5.41, 5.74) is 1.26. The van der Waals surface area contributed by atoms with Crippen molar-refractivity contribution in [2.45, 2.75) is 19.8 Å². The Morgan fingerprint density at radius 3 is 2.70 bits per heavy atom.